The molecule has 0 amide bonds. The molecule has 0 unspecified atom stereocenters. The van der Waals surface area contributed by atoms with Crippen LogP contribution in [0.2, 0.25) is 0 Å². The van der Waals surface area contributed by atoms with Gasteiger partial charge in [-0.3, -0.25) is 0 Å². The number of aromatic nitrogens is 4. The van der Waals surface area contributed by atoms with Crippen molar-refractivity contribution < 1.29 is 9.47 Å². The standard InChI is InChI=1S/C17H14N4O2S/c1-22-11-5-6-12(14(10-11)23-2)16-19-17-18-8-7-13(21(17)20-16)15-4-3-9-24-15/h3-10H,1-2H3. The lowest BCUT2D eigenvalue weighted by atomic mass is 10.2. The lowest BCUT2D eigenvalue weighted by Gasteiger charge is -2.07. The average molecular weight is 338 g/mol. The molecule has 3 aromatic heterocycles. The molecule has 6 nitrogen and oxygen atoms in total. The maximum absolute atomic E-state index is 5.45. The molecule has 7 heteroatoms. The maximum Gasteiger partial charge on any atom is 0.253 e. The van der Waals surface area contributed by atoms with Crippen molar-refractivity contribution >= 4 is 17.1 Å². The molecule has 0 aliphatic carbocycles. The van der Waals surface area contributed by atoms with Crippen LogP contribution in [0, 0.1) is 0 Å². The molecular weight excluding hydrogens is 324 g/mol. The molecule has 0 spiro atoms. The summed E-state index contributed by atoms with van der Waals surface area (Å²) in [6, 6.07) is 11.6. The summed E-state index contributed by atoms with van der Waals surface area (Å²) in [5.74, 6) is 2.49. The highest BCUT2D eigenvalue weighted by Crippen LogP contribution is 2.32. The zero-order chi connectivity index (χ0) is 16.5. The third-order valence-electron chi connectivity index (χ3n) is 3.66. The van der Waals surface area contributed by atoms with E-state index < -0.39 is 0 Å². The molecule has 0 atom stereocenters. The van der Waals surface area contributed by atoms with Crippen molar-refractivity contribution in [3.8, 4) is 33.5 Å². The first-order chi connectivity index (χ1) is 11.8. The van der Waals surface area contributed by atoms with Gasteiger partial charge in [0, 0.05) is 12.3 Å². The van der Waals surface area contributed by atoms with Gasteiger partial charge in [0.25, 0.3) is 5.78 Å². The van der Waals surface area contributed by atoms with E-state index in [1.165, 1.54) is 0 Å². The number of rotatable bonds is 4. The van der Waals surface area contributed by atoms with E-state index in [0.717, 1.165) is 21.9 Å². The number of benzene rings is 1. The predicted octanol–water partition coefficient (Wildman–Crippen LogP) is 3.54. The van der Waals surface area contributed by atoms with Crippen LogP contribution in [0.1, 0.15) is 0 Å². The van der Waals surface area contributed by atoms with Gasteiger partial charge < -0.3 is 9.47 Å². The number of ether oxygens (including phenoxy) is 2. The van der Waals surface area contributed by atoms with Gasteiger partial charge >= 0.3 is 0 Å². The second-order valence-corrected chi connectivity index (χ2v) is 5.97. The summed E-state index contributed by atoms with van der Waals surface area (Å²) in [6.07, 6.45) is 1.74. The summed E-state index contributed by atoms with van der Waals surface area (Å²) < 4.78 is 12.4. The molecule has 0 N–H and O–H groups in total. The van der Waals surface area contributed by atoms with Crippen LogP contribution in [-0.4, -0.2) is 33.8 Å². The highest BCUT2D eigenvalue weighted by Gasteiger charge is 2.15. The van der Waals surface area contributed by atoms with Gasteiger partial charge in [-0.05, 0) is 29.6 Å². The molecular formula is C17H14N4O2S. The third kappa shape index (κ3) is 2.39. The number of methoxy groups -OCH3 is 2. The van der Waals surface area contributed by atoms with Crippen molar-refractivity contribution in [3.05, 3.63) is 48.0 Å². The lowest BCUT2D eigenvalue weighted by molar-refractivity contribution is 0.395. The minimum absolute atomic E-state index is 0.550. The van der Waals surface area contributed by atoms with Crippen molar-refractivity contribution in [1.29, 1.82) is 0 Å². The van der Waals surface area contributed by atoms with E-state index in [9.17, 15) is 0 Å². The number of hydrogen-bond acceptors (Lipinski definition) is 6. The van der Waals surface area contributed by atoms with Crippen molar-refractivity contribution in [2.24, 2.45) is 0 Å². The van der Waals surface area contributed by atoms with Gasteiger partial charge in [0.15, 0.2) is 5.82 Å². The Morgan fingerprint density at radius 2 is 2.00 bits per heavy atom. The van der Waals surface area contributed by atoms with Crippen LogP contribution in [0.3, 0.4) is 0 Å². The van der Waals surface area contributed by atoms with Gasteiger partial charge in [-0.2, -0.15) is 9.50 Å². The van der Waals surface area contributed by atoms with Gasteiger partial charge in [-0.25, -0.2) is 4.98 Å². The Labute approximate surface area is 142 Å². The summed E-state index contributed by atoms with van der Waals surface area (Å²) >= 11 is 1.65. The normalized spacial score (nSPS) is 10.9. The highest BCUT2D eigenvalue weighted by molar-refractivity contribution is 7.13. The first-order valence-corrected chi connectivity index (χ1v) is 8.16. The summed E-state index contributed by atoms with van der Waals surface area (Å²) in [4.78, 5) is 9.97. The van der Waals surface area contributed by atoms with E-state index in [4.69, 9.17) is 9.47 Å². The largest absolute Gasteiger partial charge is 0.497 e. The monoisotopic (exact) mass is 338 g/mol. The molecule has 0 fully saturated rings. The Bertz CT molecular complexity index is 995. The number of nitrogens with zero attached hydrogens (tertiary/aromatic N) is 4. The summed E-state index contributed by atoms with van der Waals surface area (Å²) in [6.45, 7) is 0. The maximum atomic E-state index is 5.45. The summed E-state index contributed by atoms with van der Waals surface area (Å²) in [5.41, 5.74) is 1.75. The fraction of sp³-hybridized carbons (Fsp3) is 0.118. The van der Waals surface area contributed by atoms with Gasteiger partial charge in [0.2, 0.25) is 0 Å². The molecule has 24 heavy (non-hydrogen) atoms. The smallest absolute Gasteiger partial charge is 0.253 e. The molecule has 4 rings (SSSR count). The van der Waals surface area contributed by atoms with Crippen molar-refractivity contribution in [2.45, 2.75) is 0 Å². The van der Waals surface area contributed by atoms with Crippen LogP contribution in [0.5, 0.6) is 11.5 Å². The molecule has 0 bridgehead atoms. The molecule has 120 valence electrons. The fourth-order valence-electron chi connectivity index (χ4n) is 2.50. The topological polar surface area (TPSA) is 61.5 Å². The first-order valence-electron chi connectivity index (χ1n) is 7.28. The highest BCUT2D eigenvalue weighted by atomic mass is 32.1. The van der Waals surface area contributed by atoms with Gasteiger partial charge in [-0.1, -0.05) is 6.07 Å². The Morgan fingerprint density at radius 1 is 1.08 bits per heavy atom. The molecule has 0 saturated heterocycles. The van der Waals surface area contributed by atoms with E-state index in [1.807, 2.05) is 35.7 Å². The van der Waals surface area contributed by atoms with Crippen LogP contribution in [-0.2, 0) is 0 Å². The fourth-order valence-corrected chi connectivity index (χ4v) is 3.24. The number of thiophene rings is 1. The van der Waals surface area contributed by atoms with E-state index in [2.05, 4.69) is 21.1 Å². The molecule has 1 aromatic carbocycles. The molecule has 4 aromatic rings. The van der Waals surface area contributed by atoms with Crippen LogP contribution >= 0.6 is 11.3 Å². The Morgan fingerprint density at radius 3 is 2.75 bits per heavy atom. The van der Waals surface area contributed by atoms with E-state index >= 15 is 0 Å². The zero-order valence-corrected chi connectivity index (χ0v) is 13.9. The Hall–Kier alpha value is -2.93. The second-order valence-electron chi connectivity index (χ2n) is 5.02. The van der Waals surface area contributed by atoms with Crippen LogP contribution in [0.4, 0.5) is 0 Å². The minimum atomic E-state index is 0.550. The molecule has 3 heterocycles. The van der Waals surface area contributed by atoms with Crippen LogP contribution in [0.25, 0.3) is 27.7 Å². The number of hydrogen-bond donors (Lipinski definition) is 0. The van der Waals surface area contributed by atoms with Crippen molar-refractivity contribution in [3.63, 3.8) is 0 Å². The summed E-state index contributed by atoms with van der Waals surface area (Å²) in [7, 11) is 3.23. The first kappa shape index (κ1) is 14.6. The van der Waals surface area contributed by atoms with Gasteiger partial charge in [0.1, 0.15) is 11.5 Å². The van der Waals surface area contributed by atoms with Crippen molar-refractivity contribution in [1.82, 2.24) is 19.6 Å². The number of fused-ring (bicyclic) bond motifs is 1. The van der Waals surface area contributed by atoms with E-state index in [-0.39, 0.29) is 0 Å². The molecule has 0 saturated carbocycles. The second kappa shape index (κ2) is 5.93. The van der Waals surface area contributed by atoms with Gasteiger partial charge in [0.05, 0.1) is 30.4 Å². The SMILES string of the molecule is COc1ccc(-c2nc3nccc(-c4cccs4)n3n2)c(OC)c1. The van der Waals surface area contributed by atoms with Gasteiger partial charge in [-0.15, -0.1) is 16.4 Å². The zero-order valence-electron chi connectivity index (χ0n) is 13.1. The third-order valence-corrected chi connectivity index (χ3v) is 4.56. The predicted molar refractivity (Wildman–Crippen MR) is 92.6 cm³/mol. The van der Waals surface area contributed by atoms with Crippen molar-refractivity contribution in [2.75, 3.05) is 14.2 Å². The quantitative estimate of drug-likeness (QED) is 0.569. The summed E-state index contributed by atoms with van der Waals surface area (Å²) in [5, 5.41) is 6.67. The average Bonchev–Trinajstić information content (AvgIpc) is 3.30. The Balaban J connectivity index is 1.89. The lowest BCUT2D eigenvalue weighted by Crippen LogP contribution is -1.95. The molecule has 0 aliphatic heterocycles. The molecule has 0 radical (unpaired) electrons. The van der Waals surface area contributed by atoms with Crippen LogP contribution < -0.4 is 9.47 Å². The minimum Gasteiger partial charge on any atom is -0.497 e. The van der Waals surface area contributed by atoms with E-state index in [1.54, 1.807) is 36.3 Å². The van der Waals surface area contributed by atoms with Crippen LogP contribution in [0.15, 0.2) is 48.0 Å². The Kier molecular flexibility index (Phi) is 3.62. The molecule has 0 aliphatic rings. The van der Waals surface area contributed by atoms with E-state index in [0.29, 0.717) is 17.4 Å².